The van der Waals surface area contributed by atoms with Crippen LogP contribution in [0.2, 0.25) is 0 Å². The number of nitrogens with two attached hydrogens (primary N) is 1. The van der Waals surface area contributed by atoms with Crippen LogP contribution < -0.4 is 11.1 Å². The minimum atomic E-state index is -0.108. The Hall–Kier alpha value is -1.06. The number of amides is 1. The minimum absolute atomic E-state index is 0. The summed E-state index contributed by atoms with van der Waals surface area (Å²) < 4.78 is 0. The summed E-state index contributed by atoms with van der Waals surface area (Å²) in [6.07, 6.45) is 1.03. The molecule has 1 rings (SSSR count). The van der Waals surface area contributed by atoms with Crippen molar-refractivity contribution in [2.75, 3.05) is 6.54 Å². The summed E-state index contributed by atoms with van der Waals surface area (Å²) in [6.45, 7) is 6.35. The highest BCUT2D eigenvalue weighted by atomic mass is 35.5. The molecule has 0 aliphatic carbocycles. The van der Waals surface area contributed by atoms with E-state index < -0.39 is 0 Å². The second kappa shape index (κ2) is 8.11. The molecule has 0 saturated carbocycles. The Bertz CT molecular complexity index is 363. The standard InChI is InChI=1S/C14H22N2O.ClH/c1-4-11-5-7-12(8-6-11)14(10(2)3)16-13(17)9-15;/h5-8,10,14H,4,9,15H2,1-3H3,(H,16,17);1H. The van der Waals surface area contributed by atoms with Gasteiger partial charge in [-0.05, 0) is 23.5 Å². The zero-order valence-corrected chi connectivity index (χ0v) is 12.1. The second-order valence-electron chi connectivity index (χ2n) is 4.59. The summed E-state index contributed by atoms with van der Waals surface area (Å²) in [7, 11) is 0. The van der Waals surface area contributed by atoms with Gasteiger partial charge in [0.05, 0.1) is 12.6 Å². The van der Waals surface area contributed by atoms with Gasteiger partial charge in [-0.1, -0.05) is 45.0 Å². The van der Waals surface area contributed by atoms with Gasteiger partial charge >= 0.3 is 0 Å². The molecule has 4 heteroatoms. The Labute approximate surface area is 116 Å². The molecule has 0 bridgehead atoms. The average molecular weight is 271 g/mol. The number of halogens is 1. The van der Waals surface area contributed by atoms with Crippen LogP contribution in [0.4, 0.5) is 0 Å². The fourth-order valence-corrected chi connectivity index (χ4v) is 1.83. The van der Waals surface area contributed by atoms with Crippen LogP contribution in [-0.4, -0.2) is 12.5 Å². The Morgan fingerprint density at radius 1 is 1.28 bits per heavy atom. The van der Waals surface area contributed by atoms with E-state index in [9.17, 15) is 4.79 Å². The number of rotatable bonds is 5. The highest BCUT2D eigenvalue weighted by Gasteiger charge is 2.17. The lowest BCUT2D eigenvalue weighted by molar-refractivity contribution is -0.120. The first-order valence-electron chi connectivity index (χ1n) is 6.16. The molecule has 1 atom stereocenters. The first-order valence-corrected chi connectivity index (χ1v) is 6.16. The summed E-state index contributed by atoms with van der Waals surface area (Å²) in [5, 5.41) is 2.96. The van der Waals surface area contributed by atoms with Crippen molar-refractivity contribution in [1.82, 2.24) is 5.32 Å². The number of nitrogens with one attached hydrogen (secondary N) is 1. The molecular formula is C14H23ClN2O. The van der Waals surface area contributed by atoms with Gasteiger partial charge < -0.3 is 11.1 Å². The maximum atomic E-state index is 11.4. The summed E-state index contributed by atoms with van der Waals surface area (Å²) in [6, 6.07) is 8.43. The van der Waals surface area contributed by atoms with Crippen molar-refractivity contribution in [3.05, 3.63) is 35.4 Å². The number of carbonyl (C=O) groups excluding carboxylic acids is 1. The highest BCUT2D eigenvalue weighted by molar-refractivity contribution is 5.85. The largest absolute Gasteiger partial charge is 0.348 e. The van der Waals surface area contributed by atoms with Crippen molar-refractivity contribution < 1.29 is 4.79 Å². The molecule has 0 aromatic heterocycles. The smallest absolute Gasteiger partial charge is 0.234 e. The van der Waals surface area contributed by atoms with Gasteiger partial charge in [0.25, 0.3) is 0 Å². The van der Waals surface area contributed by atoms with Crippen LogP contribution in [0.3, 0.4) is 0 Å². The number of benzene rings is 1. The van der Waals surface area contributed by atoms with Crippen molar-refractivity contribution in [1.29, 1.82) is 0 Å². The molecule has 0 saturated heterocycles. The zero-order chi connectivity index (χ0) is 12.8. The lowest BCUT2D eigenvalue weighted by atomic mass is 9.95. The van der Waals surface area contributed by atoms with Crippen LogP contribution in [-0.2, 0) is 11.2 Å². The van der Waals surface area contributed by atoms with E-state index in [0.717, 1.165) is 12.0 Å². The van der Waals surface area contributed by atoms with Gasteiger partial charge in [-0.25, -0.2) is 0 Å². The van der Waals surface area contributed by atoms with E-state index in [-0.39, 0.29) is 30.9 Å². The van der Waals surface area contributed by atoms with Gasteiger partial charge in [-0.2, -0.15) is 0 Å². The predicted molar refractivity (Wildman–Crippen MR) is 77.8 cm³/mol. The van der Waals surface area contributed by atoms with Crippen LogP contribution in [0.1, 0.15) is 37.9 Å². The summed E-state index contributed by atoms with van der Waals surface area (Å²) in [4.78, 5) is 11.4. The van der Waals surface area contributed by atoms with Crippen LogP contribution in [0, 0.1) is 5.92 Å². The Morgan fingerprint density at radius 2 is 1.83 bits per heavy atom. The zero-order valence-electron chi connectivity index (χ0n) is 11.3. The SMILES string of the molecule is CCc1ccc(C(NC(=O)CN)C(C)C)cc1.Cl. The average Bonchev–Trinajstić information content (AvgIpc) is 2.35. The molecule has 1 amide bonds. The molecular weight excluding hydrogens is 248 g/mol. The van der Waals surface area contributed by atoms with Crippen LogP contribution in [0.15, 0.2) is 24.3 Å². The van der Waals surface area contributed by atoms with Gasteiger partial charge in [0.15, 0.2) is 0 Å². The Balaban J connectivity index is 0.00000289. The minimum Gasteiger partial charge on any atom is -0.348 e. The topological polar surface area (TPSA) is 55.1 Å². The molecule has 0 aliphatic rings. The monoisotopic (exact) mass is 270 g/mol. The van der Waals surface area contributed by atoms with Crippen molar-refractivity contribution in [3.8, 4) is 0 Å². The van der Waals surface area contributed by atoms with Gasteiger partial charge in [0.2, 0.25) is 5.91 Å². The van der Waals surface area contributed by atoms with Crippen molar-refractivity contribution in [2.45, 2.75) is 33.2 Å². The Kier molecular flexibility index (Phi) is 7.64. The molecule has 1 aromatic carbocycles. The normalized spacial score (nSPS) is 11.8. The summed E-state index contributed by atoms with van der Waals surface area (Å²) in [5.41, 5.74) is 7.78. The lowest BCUT2D eigenvalue weighted by Crippen LogP contribution is -2.36. The molecule has 18 heavy (non-hydrogen) atoms. The summed E-state index contributed by atoms with van der Waals surface area (Å²) >= 11 is 0. The molecule has 1 aromatic rings. The van der Waals surface area contributed by atoms with E-state index in [1.54, 1.807) is 0 Å². The quantitative estimate of drug-likeness (QED) is 0.863. The van der Waals surface area contributed by atoms with Crippen LogP contribution in [0.25, 0.3) is 0 Å². The van der Waals surface area contributed by atoms with Gasteiger partial charge in [-0.3, -0.25) is 4.79 Å². The van der Waals surface area contributed by atoms with Crippen molar-refractivity contribution in [3.63, 3.8) is 0 Å². The maximum Gasteiger partial charge on any atom is 0.234 e. The van der Waals surface area contributed by atoms with E-state index in [1.165, 1.54) is 5.56 Å². The molecule has 0 fully saturated rings. The number of carbonyl (C=O) groups is 1. The molecule has 3 nitrogen and oxygen atoms in total. The lowest BCUT2D eigenvalue weighted by Gasteiger charge is -2.22. The van der Waals surface area contributed by atoms with Crippen LogP contribution in [0.5, 0.6) is 0 Å². The van der Waals surface area contributed by atoms with E-state index in [4.69, 9.17) is 5.73 Å². The first kappa shape index (κ1) is 16.9. The third-order valence-corrected chi connectivity index (χ3v) is 2.92. The molecule has 3 N–H and O–H groups in total. The second-order valence-corrected chi connectivity index (χ2v) is 4.59. The number of hydrogen-bond acceptors (Lipinski definition) is 2. The predicted octanol–water partition coefficient (Wildman–Crippen LogP) is 2.44. The molecule has 0 radical (unpaired) electrons. The summed E-state index contributed by atoms with van der Waals surface area (Å²) in [5.74, 6) is 0.237. The first-order chi connectivity index (χ1) is 8.08. The van der Waals surface area contributed by atoms with E-state index in [0.29, 0.717) is 5.92 Å². The Morgan fingerprint density at radius 3 is 2.22 bits per heavy atom. The molecule has 0 spiro atoms. The fourth-order valence-electron chi connectivity index (χ4n) is 1.83. The molecule has 102 valence electrons. The van der Waals surface area contributed by atoms with Crippen molar-refractivity contribution >= 4 is 18.3 Å². The van der Waals surface area contributed by atoms with Gasteiger partial charge in [0.1, 0.15) is 0 Å². The molecule has 0 heterocycles. The van der Waals surface area contributed by atoms with Gasteiger partial charge in [0, 0.05) is 0 Å². The molecule has 0 aliphatic heterocycles. The van der Waals surface area contributed by atoms with E-state index in [2.05, 4.69) is 50.4 Å². The molecule has 1 unspecified atom stereocenters. The van der Waals surface area contributed by atoms with Crippen molar-refractivity contribution in [2.24, 2.45) is 11.7 Å². The fraction of sp³-hybridized carbons (Fsp3) is 0.500. The van der Waals surface area contributed by atoms with Gasteiger partial charge in [-0.15, -0.1) is 12.4 Å². The number of hydrogen-bond donors (Lipinski definition) is 2. The van der Waals surface area contributed by atoms with E-state index >= 15 is 0 Å². The maximum absolute atomic E-state index is 11.4. The third kappa shape index (κ3) is 4.67. The highest BCUT2D eigenvalue weighted by Crippen LogP contribution is 2.22. The van der Waals surface area contributed by atoms with E-state index in [1.807, 2.05) is 0 Å². The number of aryl methyl sites for hydroxylation is 1. The third-order valence-electron chi connectivity index (χ3n) is 2.92. The van der Waals surface area contributed by atoms with Crippen LogP contribution >= 0.6 is 12.4 Å².